The van der Waals surface area contributed by atoms with E-state index in [-0.39, 0.29) is 11.3 Å². The van der Waals surface area contributed by atoms with Gasteiger partial charge in [0, 0.05) is 19.3 Å². The lowest BCUT2D eigenvalue weighted by molar-refractivity contribution is 0.0981. The monoisotopic (exact) mass is 311 g/mol. The topological polar surface area (TPSA) is 55.4 Å². The third-order valence-electron chi connectivity index (χ3n) is 4.37. The van der Waals surface area contributed by atoms with E-state index < -0.39 is 15.1 Å². The minimum atomic E-state index is -3.17. The molecule has 0 spiro atoms. The maximum Gasteiger partial charge on any atom is 0.157 e. The van der Waals surface area contributed by atoms with Crippen LogP contribution in [0, 0.1) is 6.92 Å². The molecule has 2 rings (SSSR count). The molecule has 0 aromatic heterocycles. The normalized spacial score (nSPS) is 20.1. The standard InChI is InChI=1S/C16H25NO3S/c1-12-4-6-14(7-5-12)16(17-3)13(2)21(18,19)15-8-10-20-11-9-15/h4-7,13,15-17H,8-11H2,1-3H3. The van der Waals surface area contributed by atoms with Crippen LogP contribution in [0.15, 0.2) is 24.3 Å². The predicted octanol–water partition coefficient (Wildman–Crippen LogP) is 2.24. The summed E-state index contributed by atoms with van der Waals surface area (Å²) in [5.74, 6) is 0. The average Bonchev–Trinajstić information content (AvgIpc) is 2.50. The Morgan fingerprint density at radius 3 is 2.29 bits per heavy atom. The Balaban J connectivity index is 2.22. The van der Waals surface area contributed by atoms with E-state index in [2.05, 4.69) is 5.32 Å². The van der Waals surface area contributed by atoms with Crippen molar-refractivity contribution in [1.82, 2.24) is 5.32 Å². The lowest BCUT2D eigenvalue weighted by atomic mass is 10.0. The molecule has 2 unspecified atom stereocenters. The van der Waals surface area contributed by atoms with Gasteiger partial charge in [0.15, 0.2) is 9.84 Å². The third-order valence-corrected chi connectivity index (χ3v) is 7.08. The van der Waals surface area contributed by atoms with Crippen LogP contribution in [0.5, 0.6) is 0 Å². The summed E-state index contributed by atoms with van der Waals surface area (Å²) >= 11 is 0. The molecule has 2 atom stereocenters. The highest BCUT2D eigenvalue weighted by atomic mass is 32.2. The van der Waals surface area contributed by atoms with Gasteiger partial charge in [-0.05, 0) is 39.3 Å². The highest BCUT2D eigenvalue weighted by Crippen LogP contribution is 2.28. The second-order valence-corrected chi connectivity index (χ2v) is 8.37. The van der Waals surface area contributed by atoms with Crippen LogP contribution in [-0.2, 0) is 14.6 Å². The molecule has 118 valence electrons. The summed E-state index contributed by atoms with van der Waals surface area (Å²) in [4.78, 5) is 0. The van der Waals surface area contributed by atoms with Crippen molar-refractivity contribution in [3.8, 4) is 0 Å². The number of aryl methyl sites for hydroxylation is 1. The van der Waals surface area contributed by atoms with Gasteiger partial charge in [-0.2, -0.15) is 0 Å². The van der Waals surface area contributed by atoms with Crippen LogP contribution in [0.25, 0.3) is 0 Å². The summed E-state index contributed by atoms with van der Waals surface area (Å²) in [5.41, 5.74) is 2.19. The van der Waals surface area contributed by atoms with Gasteiger partial charge in [-0.15, -0.1) is 0 Å². The molecule has 1 saturated heterocycles. The molecule has 1 fully saturated rings. The van der Waals surface area contributed by atoms with E-state index in [9.17, 15) is 8.42 Å². The molecule has 4 nitrogen and oxygen atoms in total. The second kappa shape index (κ2) is 6.90. The first kappa shape index (κ1) is 16.5. The molecule has 5 heteroatoms. The summed E-state index contributed by atoms with van der Waals surface area (Å²) in [6, 6.07) is 7.87. The second-order valence-electron chi connectivity index (χ2n) is 5.78. The van der Waals surface area contributed by atoms with E-state index in [0.29, 0.717) is 26.1 Å². The number of benzene rings is 1. The van der Waals surface area contributed by atoms with E-state index in [1.807, 2.05) is 45.2 Å². The van der Waals surface area contributed by atoms with E-state index in [4.69, 9.17) is 4.74 Å². The van der Waals surface area contributed by atoms with E-state index in [1.54, 1.807) is 0 Å². The molecule has 1 aliphatic rings. The van der Waals surface area contributed by atoms with Crippen LogP contribution in [0.3, 0.4) is 0 Å². The fourth-order valence-corrected chi connectivity index (χ4v) is 5.07. The van der Waals surface area contributed by atoms with Crippen molar-refractivity contribution in [2.24, 2.45) is 0 Å². The SMILES string of the molecule is CNC(c1ccc(C)cc1)C(C)S(=O)(=O)C1CCOCC1. The summed E-state index contributed by atoms with van der Waals surface area (Å²) in [7, 11) is -1.35. The largest absolute Gasteiger partial charge is 0.381 e. The molecule has 0 aliphatic carbocycles. The van der Waals surface area contributed by atoms with Gasteiger partial charge in [-0.1, -0.05) is 29.8 Å². The summed E-state index contributed by atoms with van der Waals surface area (Å²) in [6.45, 7) is 4.93. The molecule has 0 radical (unpaired) electrons. The van der Waals surface area contributed by atoms with Crippen LogP contribution in [-0.4, -0.2) is 39.2 Å². The Hall–Kier alpha value is -0.910. The van der Waals surface area contributed by atoms with Gasteiger partial charge < -0.3 is 10.1 Å². The average molecular weight is 311 g/mol. The quantitative estimate of drug-likeness (QED) is 0.906. The molecule has 1 aromatic carbocycles. The molecule has 21 heavy (non-hydrogen) atoms. The van der Waals surface area contributed by atoms with Gasteiger partial charge >= 0.3 is 0 Å². The van der Waals surface area contributed by atoms with Crippen LogP contribution >= 0.6 is 0 Å². The number of hydrogen-bond donors (Lipinski definition) is 1. The van der Waals surface area contributed by atoms with Crippen LogP contribution in [0.4, 0.5) is 0 Å². The van der Waals surface area contributed by atoms with Crippen LogP contribution < -0.4 is 5.32 Å². The Labute approximate surface area is 127 Å². The number of hydrogen-bond acceptors (Lipinski definition) is 4. The number of nitrogens with one attached hydrogen (secondary N) is 1. The lowest BCUT2D eigenvalue weighted by Gasteiger charge is -2.30. The molecule has 0 bridgehead atoms. The van der Waals surface area contributed by atoms with Crippen LogP contribution in [0.2, 0.25) is 0 Å². The van der Waals surface area contributed by atoms with Crippen molar-refractivity contribution in [3.05, 3.63) is 35.4 Å². The highest BCUT2D eigenvalue weighted by molar-refractivity contribution is 7.92. The van der Waals surface area contributed by atoms with Crippen molar-refractivity contribution in [1.29, 1.82) is 0 Å². The van der Waals surface area contributed by atoms with Crippen molar-refractivity contribution in [3.63, 3.8) is 0 Å². The zero-order valence-electron chi connectivity index (χ0n) is 13.0. The van der Waals surface area contributed by atoms with Gasteiger partial charge in [0.1, 0.15) is 0 Å². The maximum absolute atomic E-state index is 12.8. The Morgan fingerprint density at radius 1 is 1.19 bits per heavy atom. The molecule has 1 aromatic rings. The third kappa shape index (κ3) is 3.65. The summed E-state index contributed by atoms with van der Waals surface area (Å²) in [6.07, 6.45) is 1.22. The maximum atomic E-state index is 12.8. The van der Waals surface area contributed by atoms with Gasteiger partial charge in [-0.3, -0.25) is 0 Å². The van der Waals surface area contributed by atoms with E-state index >= 15 is 0 Å². The minimum absolute atomic E-state index is 0.182. The number of rotatable bonds is 5. The first-order chi connectivity index (χ1) is 9.96. The van der Waals surface area contributed by atoms with Gasteiger partial charge in [-0.25, -0.2) is 8.42 Å². The molecule has 1 aliphatic heterocycles. The molecular formula is C16H25NO3S. The molecular weight excluding hydrogens is 286 g/mol. The fourth-order valence-electron chi connectivity index (χ4n) is 2.94. The predicted molar refractivity (Wildman–Crippen MR) is 85.2 cm³/mol. The van der Waals surface area contributed by atoms with Gasteiger partial charge in [0.2, 0.25) is 0 Å². The van der Waals surface area contributed by atoms with Crippen molar-refractivity contribution >= 4 is 9.84 Å². The zero-order valence-corrected chi connectivity index (χ0v) is 13.8. The molecule has 1 heterocycles. The van der Waals surface area contributed by atoms with Gasteiger partial charge in [0.25, 0.3) is 0 Å². The smallest absolute Gasteiger partial charge is 0.157 e. The summed E-state index contributed by atoms with van der Waals surface area (Å²) in [5, 5.41) is 2.45. The van der Waals surface area contributed by atoms with Crippen molar-refractivity contribution in [2.75, 3.05) is 20.3 Å². The first-order valence-corrected chi connectivity index (χ1v) is 9.12. The number of sulfone groups is 1. The fraction of sp³-hybridized carbons (Fsp3) is 0.625. The van der Waals surface area contributed by atoms with Crippen LogP contribution in [0.1, 0.15) is 36.9 Å². The van der Waals surface area contributed by atoms with E-state index in [0.717, 1.165) is 5.56 Å². The van der Waals surface area contributed by atoms with Crippen molar-refractivity contribution in [2.45, 2.75) is 43.2 Å². The Morgan fingerprint density at radius 2 is 1.76 bits per heavy atom. The Kier molecular flexibility index (Phi) is 5.41. The molecule has 0 amide bonds. The lowest BCUT2D eigenvalue weighted by Crippen LogP contribution is -2.41. The Bertz CT molecular complexity index is 547. The zero-order chi connectivity index (χ0) is 15.5. The van der Waals surface area contributed by atoms with Crippen molar-refractivity contribution < 1.29 is 13.2 Å². The first-order valence-electron chi connectivity index (χ1n) is 7.51. The number of ether oxygens (including phenoxy) is 1. The van der Waals surface area contributed by atoms with E-state index in [1.165, 1.54) is 5.56 Å². The molecule has 0 saturated carbocycles. The minimum Gasteiger partial charge on any atom is -0.381 e. The summed E-state index contributed by atoms with van der Waals surface area (Å²) < 4.78 is 30.9. The highest BCUT2D eigenvalue weighted by Gasteiger charge is 2.36. The van der Waals surface area contributed by atoms with Gasteiger partial charge in [0.05, 0.1) is 10.5 Å². The molecule has 1 N–H and O–H groups in total.